The highest BCUT2D eigenvalue weighted by Gasteiger charge is 2.50. The van der Waals surface area contributed by atoms with Crippen LogP contribution >= 0.6 is 11.8 Å². The fourth-order valence-corrected chi connectivity index (χ4v) is 9.41. The SMILES string of the molecule is N#Cc1ccc(-c2cccc3c2Sc2ccc(-c4cc(-c5ccccc5)nc(-c5ccccc5)n4)cc2C32c3ccccc3-c3ccccc32)cc1. The average Bonchev–Trinajstić information content (AvgIpc) is 3.52. The van der Waals surface area contributed by atoms with Crippen molar-refractivity contribution >= 4 is 11.8 Å². The van der Waals surface area contributed by atoms with E-state index in [2.05, 4.69) is 146 Å². The molecule has 0 amide bonds. The van der Waals surface area contributed by atoms with Crippen LogP contribution in [0.25, 0.3) is 56.2 Å². The lowest BCUT2D eigenvalue weighted by Gasteiger charge is -2.40. The molecular formula is C48H29N3S. The van der Waals surface area contributed by atoms with E-state index < -0.39 is 5.41 Å². The Balaban J connectivity index is 1.25. The Bertz CT molecular complexity index is 2610. The summed E-state index contributed by atoms with van der Waals surface area (Å²) in [5.41, 5.74) is 14.8. The second-order valence-electron chi connectivity index (χ2n) is 13.2. The molecule has 0 saturated carbocycles. The summed E-state index contributed by atoms with van der Waals surface area (Å²) in [5, 5.41) is 9.51. The van der Waals surface area contributed by atoms with Gasteiger partial charge in [-0.1, -0.05) is 157 Å². The van der Waals surface area contributed by atoms with E-state index in [4.69, 9.17) is 9.97 Å². The van der Waals surface area contributed by atoms with Gasteiger partial charge in [0.15, 0.2) is 5.82 Å². The van der Waals surface area contributed by atoms with E-state index in [-0.39, 0.29) is 0 Å². The topological polar surface area (TPSA) is 49.6 Å². The Hall–Kier alpha value is -6.54. The van der Waals surface area contributed by atoms with E-state index in [9.17, 15) is 5.26 Å². The van der Waals surface area contributed by atoms with Gasteiger partial charge in [0.25, 0.3) is 0 Å². The normalized spacial score (nSPS) is 13.1. The maximum atomic E-state index is 9.51. The van der Waals surface area contributed by atoms with E-state index in [0.717, 1.165) is 33.6 Å². The van der Waals surface area contributed by atoms with Gasteiger partial charge in [-0.25, -0.2) is 9.97 Å². The Morgan fingerprint density at radius 3 is 1.67 bits per heavy atom. The summed E-state index contributed by atoms with van der Waals surface area (Å²) >= 11 is 1.83. The molecule has 0 unspecified atom stereocenters. The standard InChI is InChI=1S/C48H29N3S/c49-30-31-22-24-32(25-23-31)36-18-11-21-41-46(36)52-45-27-26-35(28-42(45)48(41)39-19-9-7-16-37(39)38-17-8-10-20-40(38)48)44-29-43(33-12-3-1-4-13-33)50-47(51-44)34-14-5-2-6-15-34/h1-29H. The Morgan fingerprint density at radius 1 is 0.442 bits per heavy atom. The zero-order valence-electron chi connectivity index (χ0n) is 28.0. The molecule has 4 heteroatoms. The smallest absolute Gasteiger partial charge is 0.160 e. The number of nitriles is 1. The summed E-state index contributed by atoms with van der Waals surface area (Å²) in [5.74, 6) is 0.702. The molecule has 10 rings (SSSR count). The monoisotopic (exact) mass is 679 g/mol. The molecule has 0 radical (unpaired) electrons. The second kappa shape index (κ2) is 12.1. The number of hydrogen-bond donors (Lipinski definition) is 0. The van der Waals surface area contributed by atoms with Crippen molar-refractivity contribution < 1.29 is 0 Å². The number of rotatable bonds is 4. The molecule has 1 aromatic heterocycles. The molecule has 1 aliphatic heterocycles. The minimum atomic E-state index is -0.556. The van der Waals surface area contributed by atoms with Gasteiger partial charge in [-0.3, -0.25) is 0 Å². The molecule has 52 heavy (non-hydrogen) atoms. The first-order valence-corrected chi connectivity index (χ1v) is 18.2. The molecule has 0 N–H and O–H groups in total. The Morgan fingerprint density at radius 2 is 1.00 bits per heavy atom. The molecule has 1 aliphatic carbocycles. The van der Waals surface area contributed by atoms with Gasteiger partial charge in [0, 0.05) is 26.5 Å². The predicted octanol–water partition coefficient (Wildman–Crippen LogP) is 11.8. The minimum absolute atomic E-state index is 0.556. The fourth-order valence-electron chi connectivity index (χ4n) is 8.10. The molecule has 0 atom stereocenters. The van der Waals surface area contributed by atoms with Crippen LogP contribution in [0.15, 0.2) is 186 Å². The summed E-state index contributed by atoms with van der Waals surface area (Å²) in [6.45, 7) is 0. The summed E-state index contributed by atoms with van der Waals surface area (Å²) in [6.07, 6.45) is 0. The predicted molar refractivity (Wildman–Crippen MR) is 210 cm³/mol. The summed E-state index contributed by atoms with van der Waals surface area (Å²) in [6, 6.07) is 64.3. The molecule has 3 nitrogen and oxygen atoms in total. The van der Waals surface area contributed by atoms with Gasteiger partial charge in [-0.15, -0.1) is 0 Å². The number of benzene rings is 7. The van der Waals surface area contributed by atoms with E-state index >= 15 is 0 Å². The quantitative estimate of drug-likeness (QED) is 0.186. The van der Waals surface area contributed by atoms with Crippen molar-refractivity contribution in [3.8, 4) is 62.2 Å². The average molecular weight is 680 g/mol. The first kappa shape index (κ1) is 30.3. The fraction of sp³-hybridized carbons (Fsp3) is 0.0208. The van der Waals surface area contributed by atoms with E-state index in [1.807, 2.05) is 48.2 Å². The van der Waals surface area contributed by atoms with Gasteiger partial charge >= 0.3 is 0 Å². The highest BCUT2D eigenvalue weighted by molar-refractivity contribution is 7.99. The van der Waals surface area contributed by atoms with Gasteiger partial charge in [0.2, 0.25) is 0 Å². The Kier molecular flexibility index (Phi) is 7.02. The molecule has 2 aliphatic rings. The molecule has 7 aromatic carbocycles. The third-order valence-electron chi connectivity index (χ3n) is 10.4. The largest absolute Gasteiger partial charge is 0.228 e. The van der Waals surface area contributed by atoms with Crippen LogP contribution in [0.1, 0.15) is 27.8 Å². The van der Waals surface area contributed by atoms with E-state index in [1.54, 1.807) is 0 Å². The summed E-state index contributed by atoms with van der Waals surface area (Å²) in [7, 11) is 0. The molecule has 2 heterocycles. The molecule has 8 aromatic rings. The van der Waals surface area contributed by atoms with Crippen molar-refractivity contribution in [1.29, 1.82) is 5.26 Å². The van der Waals surface area contributed by atoms with Crippen molar-refractivity contribution in [3.05, 3.63) is 204 Å². The van der Waals surface area contributed by atoms with Crippen molar-refractivity contribution in [2.45, 2.75) is 15.2 Å². The van der Waals surface area contributed by atoms with Crippen LogP contribution in [-0.4, -0.2) is 9.97 Å². The van der Waals surface area contributed by atoms with Crippen LogP contribution in [-0.2, 0) is 5.41 Å². The number of hydrogen-bond acceptors (Lipinski definition) is 4. The van der Waals surface area contributed by atoms with Crippen LogP contribution in [0.5, 0.6) is 0 Å². The van der Waals surface area contributed by atoms with Crippen molar-refractivity contribution in [3.63, 3.8) is 0 Å². The molecule has 242 valence electrons. The van der Waals surface area contributed by atoms with Crippen molar-refractivity contribution in [2.75, 3.05) is 0 Å². The first-order valence-electron chi connectivity index (χ1n) is 17.4. The maximum absolute atomic E-state index is 9.51. The van der Waals surface area contributed by atoms with Gasteiger partial charge in [0.1, 0.15) is 0 Å². The molecule has 0 bridgehead atoms. The first-order chi connectivity index (χ1) is 25.7. The lowest BCUT2D eigenvalue weighted by molar-refractivity contribution is 0.723. The van der Waals surface area contributed by atoms with Gasteiger partial charge < -0.3 is 0 Å². The van der Waals surface area contributed by atoms with Crippen molar-refractivity contribution in [1.82, 2.24) is 9.97 Å². The van der Waals surface area contributed by atoms with Gasteiger partial charge in [0.05, 0.1) is 28.4 Å². The molecular weight excluding hydrogens is 651 g/mol. The highest BCUT2D eigenvalue weighted by Crippen LogP contribution is 2.63. The van der Waals surface area contributed by atoms with Crippen LogP contribution in [0.3, 0.4) is 0 Å². The van der Waals surface area contributed by atoms with Crippen molar-refractivity contribution in [2.24, 2.45) is 0 Å². The van der Waals surface area contributed by atoms with Gasteiger partial charge in [-0.05, 0) is 74.8 Å². The van der Waals surface area contributed by atoms with Crippen LogP contribution in [0, 0.1) is 11.3 Å². The minimum Gasteiger partial charge on any atom is -0.228 e. The lowest BCUT2D eigenvalue weighted by atomic mass is 9.66. The third kappa shape index (κ3) is 4.60. The number of nitrogens with zero attached hydrogens (tertiary/aromatic N) is 3. The molecule has 0 fully saturated rings. The third-order valence-corrected chi connectivity index (χ3v) is 11.6. The maximum Gasteiger partial charge on any atom is 0.160 e. The zero-order valence-corrected chi connectivity index (χ0v) is 28.8. The molecule has 0 saturated heterocycles. The lowest BCUT2D eigenvalue weighted by Crippen LogP contribution is -2.32. The number of fused-ring (bicyclic) bond motifs is 9. The van der Waals surface area contributed by atoms with E-state index in [0.29, 0.717) is 11.4 Å². The highest BCUT2D eigenvalue weighted by atomic mass is 32.2. The Labute approximate surface area is 307 Å². The summed E-state index contributed by atoms with van der Waals surface area (Å²) in [4.78, 5) is 12.7. The summed E-state index contributed by atoms with van der Waals surface area (Å²) < 4.78 is 0. The van der Waals surface area contributed by atoms with Gasteiger partial charge in [-0.2, -0.15) is 5.26 Å². The molecule has 1 spiro atoms. The number of aromatic nitrogens is 2. The zero-order chi connectivity index (χ0) is 34.6. The van der Waals surface area contributed by atoms with Crippen LogP contribution in [0.4, 0.5) is 0 Å². The van der Waals surface area contributed by atoms with Crippen LogP contribution < -0.4 is 0 Å². The van der Waals surface area contributed by atoms with Crippen LogP contribution in [0.2, 0.25) is 0 Å². The van der Waals surface area contributed by atoms with E-state index in [1.165, 1.54) is 48.7 Å². The second-order valence-corrected chi connectivity index (χ2v) is 14.3.